The number of morpholine rings is 1. The van der Waals surface area contributed by atoms with E-state index in [1.165, 1.54) is 5.56 Å². The van der Waals surface area contributed by atoms with Crippen LogP contribution in [0.2, 0.25) is 0 Å². The Morgan fingerprint density at radius 3 is 2.32 bits per heavy atom. The molecule has 0 aromatic heterocycles. The van der Waals surface area contributed by atoms with Gasteiger partial charge in [0, 0.05) is 55.7 Å². The van der Waals surface area contributed by atoms with Crippen molar-refractivity contribution in [2.45, 2.75) is 31.8 Å². The Morgan fingerprint density at radius 1 is 1.14 bits per heavy atom. The maximum Gasteiger partial charge on any atom is 0.186 e. The summed E-state index contributed by atoms with van der Waals surface area (Å²) < 4.78 is 5.41. The van der Waals surface area contributed by atoms with E-state index in [4.69, 9.17) is 10.5 Å². The minimum atomic E-state index is -0.444. The van der Waals surface area contributed by atoms with E-state index in [1.807, 2.05) is 43.3 Å². The van der Waals surface area contributed by atoms with Gasteiger partial charge in [-0.25, -0.2) is 4.99 Å². The van der Waals surface area contributed by atoms with Gasteiger partial charge in [-0.15, -0.1) is 0 Å². The van der Waals surface area contributed by atoms with Gasteiger partial charge in [0.2, 0.25) is 0 Å². The van der Waals surface area contributed by atoms with Gasteiger partial charge in [-0.05, 0) is 42.3 Å². The van der Waals surface area contributed by atoms with Gasteiger partial charge in [-0.3, -0.25) is 9.69 Å². The molecular formula is C29H36N4O4. The van der Waals surface area contributed by atoms with Crippen molar-refractivity contribution in [1.82, 2.24) is 10.2 Å². The zero-order valence-electron chi connectivity index (χ0n) is 21.3. The lowest BCUT2D eigenvalue weighted by Crippen LogP contribution is -2.35. The molecule has 1 aliphatic heterocycles. The van der Waals surface area contributed by atoms with Crippen LogP contribution in [0.4, 0.5) is 0 Å². The third-order valence-corrected chi connectivity index (χ3v) is 6.26. The second-order valence-corrected chi connectivity index (χ2v) is 9.08. The molecule has 0 saturated carbocycles. The molecule has 0 spiro atoms. The van der Waals surface area contributed by atoms with Crippen molar-refractivity contribution in [3.05, 3.63) is 82.2 Å². The third kappa shape index (κ3) is 9.16. The summed E-state index contributed by atoms with van der Waals surface area (Å²) >= 11 is 0. The SMILES string of the molecule is C[C@H](CO)NCC(C/C(N=CN)=C(\O)C=O)c1ccc(C#Cc2ccc(CN3CCOCC3)cc2)cc1. The van der Waals surface area contributed by atoms with Gasteiger partial charge in [0.25, 0.3) is 0 Å². The Morgan fingerprint density at radius 2 is 1.76 bits per heavy atom. The van der Waals surface area contributed by atoms with Crippen LogP contribution in [0.3, 0.4) is 0 Å². The number of allylic oxidation sites excluding steroid dienone is 2. The Balaban J connectivity index is 1.69. The minimum Gasteiger partial charge on any atom is -0.503 e. The number of rotatable bonds is 11. The van der Waals surface area contributed by atoms with Crippen LogP contribution in [-0.4, -0.2) is 73.2 Å². The first kappa shape index (κ1) is 28.1. The highest BCUT2D eigenvalue weighted by atomic mass is 16.5. The summed E-state index contributed by atoms with van der Waals surface area (Å²) in [7, 11) is 0. The molecule has 1 heterocycles. The summed E-state index contributed by atoms with van der Waals surface area (Å²) in [6, 6.07) is 16.1. The van der Waals surface area contributed by atoms with E-state index in [2.05, 4.69) is 39.2 Å². The third-order valence-electron chi connectivity index (χ3n) is 6.26. The molecule has 8 heteroatoms. The topological polar surface area (TPSA) is 120 Å². The van der Waals surface area contributed by atoms with Crippen molar-refractivity contribution in [3.8, 4) is 11.8 Å². The van der Waals surface area contributed by atoms with Gasteiger partial charge in [0.15, 0.2) is 12.0 Å². The number of aliphatic imine (C=N–C) groups is 1. The van der Waals surface area contributed by atoms with Crippen molar-refractivity contribution >= 4 is 12.6 Å². The zero-order chi connectivity index (χ0) is 26.5. The van der Waals surface area contributed by atoms with E-state index < -0.39 is 5.76 Å². The Hall–Kier alpha value is -3.48. The van der Waals surface area contributed by atoms with Gasteiger partial charge >= 0.3 is 0 Å². The molecule has 1 aliphatic rings. The molecule has 0 radical (unpaired) electrons. The summed E-state index contributed by atoms with van der Waals surface area (Å²) in [5.74, 6) is 5.88. The van der Waals surface area contributed by atoms with Crippen LogP contribution in [0.1, 0.15) is 41.5 Å². The Labute approximate surface area is 218 Å². The van der Waals surface area contributed by atoms with Crippen molar-refractivity contribution in [1.29, 1.82) is 0 Å². The van der Waals surface area contributed by atoms with E-state index in [0.29, 0.717) is 19.3 Å². The quantitative estimate of drug-likeness (QED) is 0.0926. The number of carbonyl (C=O) groups excluding carboxylic acids is 1. The molecule has 2 aromatic rings. The first-order chi connectivity index (χ1) is 18.0. The highest BCUT2D eigenvalue weighted by Gasteiger charge is 2.17. The lowest BCUT2D eigenvalue weighted by molar-refractivity contribution is -0.107. The average Bonchev–Trinajstić information content (AvgIpc) is 2.94. The molecule has 1 fully saturated rings. The molecule has 0 bridgehead atoms. The molecule has 8 nitrogen and oxygen atoms in total. The van der Waals surface area contributed by atoms with Gasteiger partial charge in [0.1, 0.15) is 0 Å². The van der Waals surface area contributed by atoms with E-state index in [1.54, 1.807) is 0 Å². The number of carbonyl (C=O) groups is 1. The lowest BCUT2D eigenvalue weighted by Gasteiger charge is -2.26. The molecule has 0 aliphatic carbocycles. The number of hydrogen-bond acceptors (Lipinski definition) is 7. The average molecular weight is 505 g/mol. The van der Waals surface area contributed by atoms with Crippen LogP contribution < -0.4 is 11.1 Å². The van der Waals surface area contributed by atoms with E-state index in [-0.39, 0.29) is 24.3 Å². The van der Waals surface area contributed by atoms with E-state index in [9.17, 15) is 15.0 Å². The molecule has 1 unspecified atom stereocenters. The smallest absolute Gasteiger partial charge is 0.186 e. The van der Waals surface area contributed by atoms with E-state index in [0.717, 1.165) is 55.9 Å². The molecule has 3 rings (SSSR count). The monoisotopic (exact) mass is 504 g/mol. The highest BCUT2D eigenvalue weighted by Crippen LogP contribution is 2.25. The maximum atomic E-state index is 11.1. The summed E-state index contributed by atoms with van der Waals surface area (Å²) in [6.07, 6.45) is 1.71. The number of hydrogen-bond donors (Lipinski definition) is 4. The fourth-order valence-corrected chi connectivity index (χ4v) is 4.02. The van der Waals surface area contributed by atoms with Crippen LogP contribution in [0, 0.1) is 11.8 Å². The maximum absolute atomic E-state index is 11.1. The molecule has 1 saturated heterocycles. The normalized spacial score (nSPS) is 16.5. The predicted octanol–water partition coefficient (Wildman–Crippen LogP) is 2.32. The fourth-order valence-electron chi connectivity index (χ4n) is 4.02. The van der Waals surface area contributed by atoms with Gasteiger partial charge in [-0.1, -0.05) is 36.1 Å². The predicted molar refractivity (Wildman–Crippen MR) is 145 cm³/mol. The van der Waals surface area contributed by atoms with Crippen molar-refractivity contribution in [3.63, 3.8) is 0 Å². The molecule has 5 N–H and O–H groups in total. The highest BCUT2D eigenvalue weighted by molar-refractivity contribution is 5.71. The van der Waals surface area contributed by atoms with Crippen LogP contribution in [0.5, 0.6) is 0 Å². The number of nitrogens with zero attached hydrogens (tertiary/aromatic N) is 2. The first-order valence-electron chi connectivity index (χ1n) is 12.5. The zero-order valence-corrected chi connectivity index (χ0v) is 21.3. The summed E-state index contributed by atoms with van der Waals surface area (Å²) in [5.41, 5.74) is 9.70. The number of nitrogens with one attached hydrogen (secondary N) is 1. The number of aliphatic hydroxyl groups is 2. The van der Waals surface area contributed by atoms with Crippen LogP contribution in [0.15, 0.2) is 65.0 Å². The number of ether oxygens (including phenoxy) is 1. The van der Waals surface area contributed by atoms with Crippen molar-refractivity contribution in [2.24, 2.45) is 10.7 Å². The fraction of sp³-hybridized carbons (Fsp3) is 0.379. The molecule has 37 heavy (non-hydrogen) atoms. The number of aliphatic hydroxyl groups excluding tert-OH is 2. The Bertz CT molecular complexity index is 1110. The summed E-state index contributed by atoms with van der Waals surface area (Å²) in [4.78, 5) is 17.5. The second-order valence-electron chi connectivity index (χ2n) is 9.08. The minimum absolute atomic E-state index is 0.00131. The van der Waals surface area contributed by atoms with E-state index >= 15 is 0 Å². The molecule has 2 atom stereocenters. The molecule has 0 amide bonds. The van der Waals surface area contributed by atoms with Crippen molar-refractivity contribution in [2.75, 3.05) is 39.5 Å². The first-order valence-corrected chi connectivity index (χ1v) is 12.5. The van der Waals surface area contributed by atoms with Crippen molar-refractivity contribution < 1.29 is 19.7 Å². The summed E-state index contributed by atoms with van der Waals surface area (Å²) in [6.45, 7) is 6.82. The molecule has 196 valence electrons. The standard InChI is InChI=1S/C29H36N4O4/c1-22(19-34)31-17-27(16-28(32-21-30)29(36)20-35)26-10-8-24(9-11-26)3-2-23-4-6-25(7-5-23)18-33-12-14-37-15-13-33/h4-11,20-22,27,31,34,36H,12-19H2,1H3,(H2,30,32)/b29-28+/t22-,27?/m1/s1. The van der Waals surface area contributed by atoms with Gasteiger partial charge in [0.05, 0.1) is 31.9 Å². The second kappa shape index (κ2) is 14.9. The molecule has 2 aromatic carbocycles. The number of benzene rings is 2. The van der Waals surface area contributed by atoms with Crippen LogP contribution in [-0.2, 0) is 16.1 Å². The summed E-state index contributed by atoms with van der Waals surface area (Å²) in [5, 5.41) is 22.6. The van der Waals surface area contributed by atoms with Crippen LogP contribution in [0.25, 0.3) is 0 Å². The largest absolute Gasteiger partial charge is 0.503 e. The van der Waals surface area contributed by atoms with Crippen LogP contribution >= 0.6 is 0 Å². The van der Waals surface area contributed by atoms with Gasteiger partial charge < -0.3 is 26.0 Å². The van der Waals surface area contributed by atoms with Gasteiger partial charge in [-0.2, -0.15) is 0 Å². The number of aldehydes is 1. The number of nitrogens with two attached hydrogens (primary N) is 1. The lowest BCUT2D eigenvalue weighted by atomic mass is 9.92. The Kier molecular flexibility index (Phi) is 11.3. The molecular weight excluding hydrogens is 468 g/mol.